The summed E-state index contributed by atoms with van der Waals surface area (Å²) >= 11 is 0. The van der Waals surface area contributed by atoms with Crippen LogP contribution in [0.15, 0.2) is 72.8 Å². The molecule has 3 heterocycles. The van der Waals surface area contributed by atoms with Crippen molar-refractivity contribution in [2.45, 2.75) is 18.5 Å². The van der Waals surface area contributed by atoms with Gasteiger partial charge in [0, 0.05) is 23.0 Å². The van der Waals surface area contributed by atoms with Gasteiger partial charge in [-0.1, -0.05) is 30.3 Å². The SMILES string of the molecule is O=C(O)c1ccc([C@H]2c3[nH]c4ccccc4c3C[C@H]3C(=O)N(c4ccc(C(=O)O)cc4)C(=O)N23)cc1. The molecule has 2 aliphatic heterocycles. The van der Waals surface area contributed by atoms with Crippen molar-refractivity contribution in [2.24, 2.45) is 0 Å². The number of imide groups is 1. The standard InChI is InChI=1S/C27H19N3O6/c31-24-21-13-19-18-3-1-2-4-20(18)28-22(19)23(14-5-7-15(8-6-14)25(32)33)30(21)27(36)29(24)17-11-9-16(10-12-17)26(34)35/h1-12,21,23,28H,13H2,(H,32,33)(H,34,35)/t21-,23-/m0/s1. The Labute approximate surface area is 204 Å². The highest BCUT2D eigenvalue weighted by atomic mass is 16.4. The molecule has 0 unspecified atom stereocenters. The second kappa shape index (κ2) is 7.81. The van der Waals surface area contributed by atoms with Gasteiger partial charge in [-0.05, 0) is 53.6 Å². The van der Waals surface area contributed by atoms with E-state index in [1.165, 1.54) is 41.3 Å². The fourth-order valence-electron chi connectivity index (χ4n) is 5.22. The maximum Gasteiger partial charge on any atom is 0.335 e. The Morgan fingerprint density at radius 2 is 1.44 bits per heavy atom. The van der Waals surface area contributed by atoms with E-state index in [2.05, 4.69) is 4.98 Å². The van der Waals surface area contributed by atoms with Crippen LogP contribution >= 0.6 is 0 Å². The molecular weight excluding hydrogens is 462 g/mol. The van der Waals surface area contributed by atoms with Gasteiger partial charge in [-0.3, -0.25) is 9.69 Å². The van der Waals surface area contributed by atoms with Gasteiger partial charge in [0.1, 0.15) is 12.1 Å². The molecule has 3 aromatic carbocycles. The molecule has 1 aromatic heterocycles. The lowest BCUT2D eigenvalue weighted by Gasteiger charge is -2.36. The van der Waals surface area contributed by atoms with E-state index in [0.29, 0.717) is 12.0 Å². The highest BCUT2D eigenvalue weighted by Crippen LogP contribution is 2.44. The number of fused-ring (bicyclic) bond motifs is 4. The lowest BCUT2D eigenvalue weighted by Crippen LogP contribution is -2.44. The summed E-state index contributed by atoms with van der Waals surface area (Å²) in [5.74, 6) is -2.56. The minimum atomic E-state index is -1.10. The number of carboxylic acids is 2. The Morgan fingerprint density at radius 1 is 0.833 bits per heavy atom. The second-order valence-corrected chi connectivity index (χ2v) is 8.83. The van der Waals surface area contributed by atoms with Crippen molar-refractivity contribution in [1.82, 2.24) is 9.88 Å². The molecule has 36 heavy (non-hydrogen) atoms. The average molecular weight is 481 g/mol. The van der Waals surface area contributed by atoms with Gasteiger partial charge in [0.25, 0.3) is 5.91 Å². The summed E-state index contributed by atoms with van der Waals surface area (Å²) in [5, 5.41) is 19.5. The molecule has 2 atom stereocenters. The molecule has 9 heteroatoms. The first kappa shape index (κ1) is 21.6. The summed E-state index contributed by atoms with van der Waals surface area (Å²) < 4.78 is 0. The predicted octanol–water partition coefficient (Wildman–Crippen LogP) is 4.05. The van der Waals surface area contributed by atoms with Crippen molar-refractivity contribution >= 4 is 40.5 Å². The molecule has 0 aliphatic carbocycles. The summed E-state index contributed by atoms with van der Waals surface area (Å²) in [5.41, 5.74) is 3.72. The van der Waals surface area contributed by atoms with E-state index in [1.54, 1.807) is 12.1 Å². The molecule has 6 rings (SSSR count). The molecule has 0 saturated carbocycles. The number of amides is 3. The first-order valence-corrected chi connectivity index (χ1v) is 11.3. The van der Waals surface area contributed by atoms with Gasteiger partial charge in [-0.2, -0.15) is 0 Å². The smallest absolute Gasteiger partial charge is 0.335 e. The lowest BCUT2D eigenvalue weighted by molar-refractivity contribution is -0.120. The number of hydrogen-bond acceptors (Lipinski definition) is 4. The van der Waals surface area contributed by atoms with E-state index in [-0.39, 0.29) is 16.8 Å². The lowest BCUT2D eigenvalue weighted by atomic mass is 9.88. The van der Waals surface area contributed by atoms with Crippen LogP contribution in [-0.2, 0) is 11.2 Å². The quantitative estimate of drug-likeness (QED) is 0.377. The number of para-hydroxylation sites is 1. The summed E-state index contributed by atoms with van der Waals surface area (Å²) in [4.78, 5) is 56.0. The molecule has 3 N–H and O–H groups in total. The van der Waals surface area contributed by atoms with Gasteiger partial charge in [-0.25, -0.2) is 19.3 Å². The normalized spacial score (nSPS) is 18.9. The van der Waals surface area contributed by atoms with Crippen molar-refractivity contribution in [3.05, 3.63) is 101 Å². The average Bonchev–Trinajstić information content (AvgIpc) is 3.37. The largest absolute Gasteiger partial charge is 0.478 e. The van der Waals surface area contributed by atoms with E-state index >= 15 is 0 Å². The second-order valence-electron chi connectivity index (χ2n) is 8.83. The maximum atomic E-state index is 13.8. The number of urea groups is 1. The number of aromatic nitrogens is 1. The van der Waals surface area contributed by atoms with Crippen LogP contribution in [0.2, 0.25) is 0 Å². The zero-order chi connectivity index (χ0) is 25.1. The van der Waals surface area contributed by atoms with Crippen LogP contribution in [0.1, 0.15) is 43.6 Å². The number of H-pyrrole nitrogens is 1. The highest BCUT2D eigenvalue weighted by Gasteiger charge is 2.53. The number of carbonyl (C=O) groups is 4. The molecule has 178 valence electrons. The van der Waals surface area contributed by atoms with Crippen LogP contribution in [0.4, 0.5) is 10.5 Å². The number of aromatic amines is 1. The van der Waals surface area contributed by atoms with Crippen molar-refractivity contribution in [3.63, 3.8) is 0 Å². The fourth-order valence-corrected chi connectivity index (χ4v) is 5.22. The first-order chi connectivity index (χ1) is 17.3. The zero-order valence-electron chi connectivity index (χ0n) is 18.7. The van der Waals surface area contributed by atoms with Crippen LogP contribution < -0.4 is 4.90 Å². The molecule has 1 saturated heterocycles. The van der Waals surface area contributed by atoms with Crippen molar-refractivity contribution in [3.8, 4) is 0 Å². The molecule has 1 fully saturated rings. The Hall–Kier alpha value is -4.92. The number of carboxylic acid groups (broad SMARTS) is 2. The molecule has 3 amide bonds. The number of nitrogens with one attached hydrogen (secondary N) is 1. The molecule has 0 radical (unpaired) electrons. The number of nitrogens with zero attached hydrogens (tertiary/aromatic N) is 2. The molecular formula is C27H19N3O6. The number of carbonyl (C=O) groups excluding carboxylic acids is 2. The van der Waals surface area contributed by atoms with Crippen LogP contribution in [0.5, 0.6) is 0 Å². The maximum absolute atomic E-state index is 13.8. The first-order valence-electron chi connectivity index (χ1n) is 11.3. The van der Waals surface area contributed by atoms with Crippen LogP contribution in [0.25, 0.3) is 10.9 Å². The zero-order valence-corrected chi connectivity index (χ0v) is 18.7. The fraction of sp³-hybridized carbons (Fsp3) is 0.111. The molecule has 0 bridgehead atoms. The van der Waals surface area contributed by atoms with E-state index in [0.717, 1.165) is 27.1 Å². The van der Waals surface area contributed by atoms with Crippen molar-refractivity contribution in [2.75, 3.05) is 4.90 Å². The highest BCUT2D eigenvalue weighted by molar-refractivity contribution is 6.22. The molecule has 2 aliphatic rings. The molecule has 9 nitrogen and oxygen atoms in total. The van der Waals surface area contributed by atoms with Gasteiger partial charge in [0.05, 0.1) is 16.8 Å². The Morgan fingerprint density at radius 3 is 2.08 bits per heavy atom. The van der Waals surface area contributed by atoms with E-state index in [4.69, 9.17) is 0 Å². The van der Waals surface area contributed by atoms with Gasteiger partial charge in [0.2, 0.25) is 0 Å². The summed E-state index contributed by atoms with van der Waals surface area (Å²) in [6.07, 6.45) is 0.317. The number of rotatable bonds is 4. The van der Waals surface area contributed by atoms with Gasteiger partial charge in [-0.15, -0.1) is 0 Å². The van der Waals surface area contributed by atoms with E-state index in [9.17, 15) is 29.4 Å². The monoisotopic (exact) mass is 481 g/mol. The Kier molecular flexibility index (Phi) is 4.68. The third kappa shape index (κ3) is 3.09. The topological polar surface area (TPSA) is 131 Å². The van der Waals surface area contributed by atoms with Crippen LogP contribution in [0, 0.1) is 0 Å². The van der Waals surface area contributed by atoms with Crippen molar-refractivity contribution in [1.29, 1.82) is 0 Å². The summed E-state index contributed by atoms with van der Waals surface area (Å²) in [6.45, 7) is 0. The molecule has 0 spiro atoms. The number of hydrogen-bond donors (Lipinski definition) is 3. The van der Waals surface area contributed by atoms with Crippen molar-refractivity contribution < 1.29 is 29.4 Å². The number of anilines is 1. The van der Waals surface area contributed by atoms with Gasteiger partial charge >= 0.3 is 18.0 Å². The Balaban J connectivity index is 1.49. The van der Waals surface area contributed by atoms with Crippen LogP contribution in [-0.4, -0.2) is 50.0 Å². The number of aromatic carboxylic acids is 2. The van der Waals surface area contributed by atoms with Crippen LogP contribution in [0.3, 0.4) is 0 Å². The third-order valence-electron chi connectivity index (χ3n) is 6.89. The summed E-state index contributed by atoms with van der Waals surface area (Å²) in [6, 6.07) is 17.7. The minimum Gasteiger partial charge on any atom is -0.478 e. The summed E-state index contributed by atoms with van der Waals surface area (Å²) in [7, 11) is 0. The predicted molar refractivity (Wildman–Crippen MR) is 129 cm³/mol. The minimum absolute atomic E-state index is 0.0495. The molecule has 4 aromatic rings. The van der Waals surface area contributed by atoms with E-state index < -0.39 is 36.0 Å². The van der Waals surface area contributed by atoms with Gasteiger partial charge < -0.3 is 15.2 Å². The van der Waals surface area contributed by atoms with Gasteiger partial charge in [0.15, 0.2) is 0 Å². The Bertz CT molecular complexity index is 1570. The third-order valence-corrected chi connectivity index (χ3v) is 6.89. The number of benzene rings is 3. The van der Waals surface area contributed by atoms with E-state index in [1.807, 2.05) is 24.3 Å².